The number of pyridine rings is 1. The van der Waals surface area contributed by atoms with Crippen LogP contribution in [0.4, 0.5) is 0 Å². The second-order valence-electron chi connectivity index (χ2n) is 3.63. The van der Waals surface area contributed by atoms with E-state index in [1.54, 1.807) is 0 Å². The van der Waals surface area contributed by atoms with E-state index in [-0.39, 0.29) is 0 Å². The first kappa shape index (κ1) is 7.80. The Hall–Kier alpha value is -1.57. The summed E-state index contributed by atoms with van der Waals surface area (Å²) in [5, 5.41) is 1.20. The van der Waals surface area contributed by atoms with Gasteiger partial charge in [-0.05, 0) is 13.0 Å². The Labute approximate surface area is 82.5 Å². The highest BCUT2D eigenvalue weighted by molar-refractivity contribution is 5.84. The second kappa shape index (κ2) is 2.71. The Kier molecular flexibility index (Phi) is 1.51. The molecule has 0 saturated carbocycles. The average Bonchev–Trinajstić information content (AvgIpc) is 2.66. The van der Waals surface area contributed by atoms with E-state index >= 15 is 0 Å². The minimum absolute atomic E-state index is 0.777. The summed E-state index contributed by atoms with van der Waals surface area (Å²) in [5.41, 5.74) is 3.42. The van der Waals surface area contributed by atoms with E-state index in [0.717, 1.165) is 30.0 Å². The Morgan fingerprint density at radius 1 is 1.29 bits per heavy atom. The van der Waals surface area contributed by atoms with Gasteiger partial charge < -0.3 is 4.74 Å². The average molecular weight is 185 g/mol. The number of hydrogen-bond acceptors (Lipinski definition) is 2. The third-order valence-corrected chi connectivity index (χ3v) is 2.75. The van der Waals surface area contributed by atoms with Crippen molar-refractivity contribution in [2.75, 3.05) is 6.61 Å². The Bertz CT molecular complexity index is 505. The van der Waals surface area contributed by atoms with E-state index in [4.69, 9.17) is 4.74 Å². The molecule has 2 nitrogen and oxygen atoms in total. The van der Waals surface area contributed by atoms with Gasteiger partial charge in [0.25, 0.3) is 0 Å². The minimum Gasteiger partial charge on any atom is -0.491 e. The lowest BCUT2D eigenvalue weighted by atomic mass is 10.1. The quantitative estimate of drug-likeness (QED) is 0.629. The second-order valence-corrected chi connectivity index (χ2v) is 3.63. The highest BCUT2D eigenvalue weighted by Crippen LogP contribution is 2.32. The van der Waals surface area contributed by atoms with Crippen molar-refractivity contribution in [3.8, 4) is 5.75 Å². The summed E-state index contributed by atoms with van der Waals surface area (Å²) in [5.74, 6) is 1.00. The van der Waals surface area contributed by atoms with Crippen LogP contribution in [0.1, 0.15) is 11.3 Å². The van der Waals surface area contributed by atoms with Crippen LogP contribution in [0.5, 0.6) is 5.75 Å². The molecule has 2 heteroatoms. The molecule has 0 unspecified atom stereocenters. The number of ether oxygens (including phenoxy) is 1. The van der Waals surface area contributed by atoms with Crippen molar-refractivity contribution in [1.29, 1.82) is 0 Å². The third-order valence-electron chi connectivity index (χ3n) is 2.75. The van der Waals surface area contributed by atoms with Crippen molar-refractivity contribution in [3.05, 3.63) is 35.5 Å². The molecular weight excluding hydrogens is 174 g/mol. The van der Waals surface area contributed by atoms with Crippen LogP contribution in [0.3, 0.4) is 0 Å². The van der Waals surface area contributed by atoms with Crippen LogP contribution in [0, 0.1) is 6.92 Å². The summed E-state index contributed by atoms with van der Waals surface area (Å²) in [4.78, 5) is 4.59. The number of aromatic nitrogens is 1. The van der Waals surface area contributed by atoms with Gasteiger partial charge in [0, 0.05) is 17.4 Å². The molecule has 0 atom stereocenters. The lowest BCUT2D eigenvalue weighted by Gasteiger charge is -2.06. The largest absolute Gasteiger partial charge is 0.491 e. The molecule has 2 aromatic rings. The maximum absolute atomic E-state index is 5.57. The number of para-hydroxylation sites is 1. The van der Waals surface area contributed by atoms with E-state index < -0.39 is 0 Å². The Balaban J connectivity index is 2.44. The maximum Gasteiger partial charge on any atom is 0.144 e. The molecule has 0 aliphatic carbocycles. The maximum atomic E-state index is 5.57. The Morgan fingerprint density at radius 3 is 3.07 bits per heavy atom. The summed E-state index contributed by atoms with van der Waals surface area (Å²) >= 11 is 0. The van der Waals surface area contributed by atoms with E-state index in [9.17, 15) is 0 Å². The molecule has 0 radical (unpaired) electrons. The van der Waals surface area contributed by atoms with Gasteiger partial charge in [-0.2, -0.15) is 0 Å². The molecule has 70 valence electrons. The molecule has 1 aliphatic heterocycles. The van der Waals surface area contributed by atoms with Gasteiger partial charge in [0.1, 0.15) is 5.75 Å². The van der Waals surface area contributed by atoms with Crippen LogP contribution in [-0.4, -0.2) is 11.6 Å². The van der Waals surface area contributed by atoms with Crippen molar-refractivity contribution in [3.63, 3.8) is 0 Å². The summed E-state index contributed by atoms with van der Waals surface area (Å²) in [6, 6.07) is 8.22. The van der Waals surface area contributed by atoms with E-state index in [0.29, 0.717) is 0 Å². The molecule has 1 aromatic heterocycles. The minimum atomic E-state index is 0.777. The van der Waals surface area contributed by atoms with E-state index in [2.05, 4.69) is 24.0 Å². The van der Waals surface area contributed by atoms with Gasteiger partial charge in [-0.15, -0.1) is 0 Å². The van der Waals surface area contributed by atoms with Gasteiger partial charge in [0.15, 0.2) is 0 Å². The predicted octanol–water partition coefficient (Wildman–Crippen LogP) is 2.48. The fraction of sp³-hybridized carbons (Fsp3) is 0.250. The predicted molar refractivity (Wildman–Crippen MR) is 55.7 cm³/mol. The molecule has 0 fully saturated rings. The van der Waals surface area contributed by atoms with Crippen molar-refractivity contribution >= 4 is 10.9 Å². The Morgan fingerprint density at radius 2 is 2.14 bits per heavy atom. The SMILES string of the molecule is Cc1c2c(nc3ccccc13)CCO2. The van der Waals surface area contributed by atoms with Crippen LogP contribution in [0.15, 0.2) is 24.3 Å². The number of benzene rings is 1. The van der Waals surface area contributed by atoms with Gasteiger partial charge >= 0.3 is 0 Å². The van der Waals surface area contributed by atoms with Crippen molar-refractivity contribution in [2.45, 2.75) is 13.3 Å². The van der Waals surface area contributed by atoms with Gasteiger partial charge in [-0.3, -0.25) is 0 Å². The first-order chi connectivity index (χ1) is 6.86. The van der Waals surface area contributed by atoms with Crippen LogP contribution in [0.25, 0.3) is 10.9 Å². The fourth-order valence-electron chi connectivity index (χ4n) is 2.03. The molecule has 3 rings (SSSR count). The lowest BCUT2D eigenvalue weighted by molar-refractivity contribution is 0.355. The van der Waals surface area contributed by atoms with Gasteiger partial charge in [0.2, 0.25) is 0 Å². The molecule has 0 saturated heterocycles. The van der Waals surface area contributed by atoms with Crippen LogP contribution < -0.4 is 4.74 Å². The molecule has 2 heterocycles. The van der Waals surface area contributed by atoms with E-state index in [1.165, 1.54) is 10.9 Å². The zero-order valence-electron chi connectivity index (χ0n) is 8.08. The molecule has 0 spiro atoms. The highest BCUT2D eigenvalue weighted by atomic mass is 16.5. The molecule has 0 N–H and O–H groups in total. The standard InChI is InChI=1S/C12H11NO/c1-8-9-4-2-3-5-10(9)13-11-6-7-14-12(8)11/h2-5H,6-7H2,1H3. The molecule has 1 aromatic carbocycles. The van der Waals surface area contributed by atoms with Crippen LogP contribution in [-0.2, 0) is 6.42 Å². The van der Waals surface area contributed by atoms with Gasteiger partial charge in [-0.1, -0.05) is 18.2 Å². The number of fused-ring (bicyclic) bond motifs is 2. The molecule has 1 aliphatic rings. The number of aryl methyl sites for hydroxylation is 1. The van der Waals surface area contributed by atoms with Gasteiger partial charge in [-0.25, -0.2) is 4.98 Å². The zero-order chi connectivity index (χ0) is 9.54. The topological polar surface area (TPSA) is 22.1 Å². The summed E-state index contributed by atoms with van der Waals surface area (Å²) in [6.45, 7) is 2.88. The summed E-state index contributed by atoms with van der Waals surface area (Å²) < 4.78 is 5.57. The number of hydrogen-bond donors (Lipinski definition) is 0. The molecule has 0 bridgehead atoms. The van der Waals surface area contributed by atoms with Crippen molar-refractivity contribution in [1.82, 2.24) is 4.98 Å². The first-order valence-electron chi connectivity index (χ1n) is 4.87. The zero-order valence-corrected chi connectivity index (χ0v) is 8.08. The van der Waals surface area contributed by atoms with Gasteiger partial charge in [0.05, 0.1) is 17.8 Å². The monoisotopic (exact) mass is 185 g/mol. The van der Waals surface area contributed by atoms with Crippen molar-refractivity contribution < 1.29 is 4.74 Å². The number of rotatable bonds is 0. The normalized spacial score (nSPS) is 14.1. The van der Waals surface area contributed by atoms with E-state index in [1.807, 2.05) is 12.1 Å². The summed E-state index contributed by atoms with van der Waals surface area (Å²) in [7, 11) is 0. The highest BCUT2D eigenvalue weighted by Gasteiger charge is 2.17. The fourth-order valence-corrected chi connectivity index (χ4v) is 2.03. The third kappa shape index (κ3) is 0.939. The molecule has 14 heavy (non-hydrogen) atoms. The molecule has 0 amide bonds. The first-order valence-corrected chi connectivity index (χ1v) is 4.87. The van der Waals surface area contributed by atoms with Crippen molar-refractivity contribution in [2.24, 2.45) is 0 Å². The van der Waals surface area contributed by atoms with Crippen LogP contribution >= 0.6 is 0 Å². The molecular formula is C12H11NO. The summed E-state index contributed by atoms with van der Waals surface area (Å²) in [6.07, 6.45) is 0.945. The number of nitrogens with zero attached hydrogens (tertiary/aromatic N) is 1. The smallest absolute Gasteiger partial charge is 0.144 e. The van der Waals surface area contributed by atoms with Crippen LogP contribution in [0.2, 0.25) is 0 Å². The lowest BCUT2D eigenvalue weighted by Crippen LogP contribution is -1.90.